The van der Waals surface area contributed by atoms with Crippen LogP contribution >= 0.6 is 0 Å². The van der Waals surface area contributed by atoms with E-state index in [4.69, 9.17) is 9.47 Å². The molecule has 1 aromatic rings. The van der Waals surface area contributed by atoms with Crippen LogP contribution in [0.1, 0.15) is 38.2 Å². The van der Waals surface area contributed by atoms with Crippen LogP contribution < -0.4 is 5.32 Å². The molecule has 2 aliphatic rings. The van der Waals surface area contributed by atoms with Gasteiger partial charge in [-0.1, -0.05) is 30.3 Å². The summed E-state index contributed by atoms with van der Waals surface area (Å²) in [6.07, 6.45) is 6.35. The van der Waals surface area contributed by atoms with E-state index in [1.165, 1.54) is 18.4 Å². The summed E-state index contributed by atoms with van der Waals surface area (Å²) in [6.45, 7) is 3.23. The van der Waals surface area contributed by atoms with Gasteiger partial charge in [0.15, 0.2) is 5.76 Å². The lowest BCUT2D eigenvalue weighted by atomic mass is 9.82. The molecule has 0 bridgehead atoms. The third kappa shape index (κ3) is 5.56. The number of carbonyl (C=O) groups is 1. The number of aliphatic hydroxyl groups excluding tert-OH is 1. The van der Waals surface area contributed by atoms with Crippen LogP contribution in [0.25, 0.3) is 0 Å². The second-order valence-electron chi connectivity index (χ2n) is 7.41. The topological polar surface area (TPSA) is 67.8 Å². The van der Waals surface area contributed by atoms with Crippen LogP contribution in [0, 0.1) is 17.8 Å². The zero-order valence-corrected chi connectivity index (χ0v) is 16.1. The summed E-state index contributed by atoms with van der Waals surface area (Å²) in [4.78, 5) is 12.6. The molecule has 2 N–H and O–H groups in total. The summed E-state index contributed by atoms with van der Waals surface area (Å²) in [7, 11) is 0. The summed E-state index contributed by atoms with van der Waals surface area (Å²) < 4.78 is 11.8. The maximum absolute atomic E-state index is 12.6. The fourth-order valence-corrected chi connectivity index (χ4v) is 3.86. The predicted octanol–water partition coefficient (Wildman–Crippen LogP) is 3.04. The molecule has 1 heterocycles. The van der Waals surface area contributed by atoms with E-state index >= 15 is 0 Å². The average Bonchev–Trinajstić information content (AvgIpc) is 3.52. The Labute approximate surface area is 161 Å². The molecule has 1 amide bonds. The van der Waals surface area contributed by atoms with Crippen molar-refractivity contribution in [2.75, 3.05) is 19.8 Å². The molecule has 0 radical (unpaired) electrons. The Hall–Kier alpha value is -1.85. The third-order valence-corrected chi connectivity index (χ3v) is 5.39. The van der Waals surface area contributed by atoms with Gasteiger partial charge in [0.2, 0.25) is 6.29 Å². The highest BCUT2D eigenvalue weighted by atomic mass is 16.7. The van der Waals surface area contributed by atoms with Gasteiger partial charge >= 0.3 is 0 Å². The zero-order valence-electron chi connectivity index (χ0n) is 16.1. The van der Waals surface area contributed by atoms with Gasteiger partial charge < -0.3 is 19.9 Å². The number of hydrogen-bond acceptors (Lipinski definition) is 4. The average molecular weight is 373 g/mol. The maximum atomic E-state index is 12.6. The minimum atomic E-state index is -0.410. The molecular weight excluding hydrogens is 342 g/mol. The number of aliphatic hydroxyl groups is 1. The number of carbonyl (C=O) groups excluding carboxylic acids is 1. The minimum absolute atomic E-state index is 0.165. The van der Waals surface area contributed by atoms with E-state index in [1.54, 1.807) is 0 Å². The van der Waals surface area contributed by atoms with Gasteiger partial charge in [-0.3, -0.25) is 4.79 Å². The Morgan fingerprint density at radius 3 is 2.74 bits per heavy atom. The standard InChI is InChI=1S/C22H31NO4/c1-2-26-22-18(9-6-14-24)19(17-10-11-17)15-20(27-22)21(25)23-13-12-16-7-4-3-5-8-16/h3-5,7-8,15,17-19,22,24H,2,6,9-14H2,1H3,(H,23,25)/t18-,19+,22+/m0/s1. The molecule has 1 aromatic carbocycles. The van der Waals surface area contributed by atoms with Crippen molar-refractivity contribution in [2.45, 2.75) is 45.3 Å². The highest BCUT2D eigenvalue weighted by molar-refractivity contribution is 5.91. The molecule has 0 saturated heterocycles. The molecular formula is C22H31NO4. The first-order valence-corrected chi connectivity index (χ1v) is 10.2. The van der Waals surface area contributed by atoms with Gasteiger partial charge in [0.25, 0.3) is 5.91 Å². The first kappa shape index (κ1) is 19.9. The number of hydrogen-bond donors (Lipinski definition) is 2. The molecule has 5 nitrogen and oxygen atoms in total. The molecule has 1 aliphatic heterocycles. The fraction of sp³-hybridized carbons (Fsp3) is 0.591. The summed E-state index contributed by atoms with van der Waals surface area (Å²) in [5, 5.41) is 12.2. The highest BCUT2D eigenvalue weighted by Gasteiger charge is 2.43. The van der Waals surface area contributed by atoms with Crippen molar-refractivity contribution in [3.8, 4) is 0 Å². The lowest BCUT2D eigenvalue weighted by Gasteiger charge is -2.37. The van der Waals surface area contributed by atoms with Crippen molar-refractivity contribution in [3.05, 3.63) is 47.7 Å². The first-order chi connectivity index (χ1) is 13.2. The summed E-state index contributed by atoms with van der Waals surface area (Å²) in [5.74, 6) is 1.32. The summed E-state index contributed by atoms with van der Waals surface area (Å²) in [6, 6.07) is 10.1. The Balaban J connectivity index is 1.63. The van der Waals surface area contributed by atoms with Crippen LogP contribution in [-0.4, -0.2) is 37.1 Å². The van der Waals surface area contributed by atoms with Gasteiger partial charge in [0, 0.05) is 25.7 Å². The maximum Gasteiger partial charge on any atom is 0.286 e. The van der Waals surface area contributed by atoms with Crippen LogP contribution in [0.4, 0.5) is 0 Å². The van der Waals surface area contributed by atoms with E-state index in [0.717, 1.165) is 19.3 Å². The van der Waals surface area contributed by atoms with Gasteiger partial charge in [0.05, 0.1) is 0 Å². The Morgan fingerprint density at radius 2 is 2.07 bits per heavy atom. The van der Waals surface area contributed by atoms with Crippen LogP contribution in [0.3, 0.4) is 0 Å². The number of benzene rings is 1. The van der Waals surface area contributed by atoms with Crippen LogP contribution in [-0.2, 0) is 20.7 Å². The molecule has 1 saturated carbocycles. The molecule has 1 aliphatic carbocycles. The Morgan fingerprint density at radius 1 is 1.30 bits per heavy atom. The van der Waals surface area contributed by atoms with Gasteiger partial charge in [-0.25, -0.2) is 0 Å². The van der Waals surface area contributed by atoms with E-state index in [0.29, 0.717) is 24.8 Å². The van der Waals surface area contributed by atoms with Crippen molar-refractivity contribution in [1.29, 1.82) is 0 Å². The van der Waals surface area contributed by atoms with Gasteiger partial charge in [-0.05, 0) is 62.5 Å². The van der Waals surface area contributed by atoms with Crippen LogP contribution in [0.2, 0.25) is 0 Å². The van der Waals surface area contributed by atoms with Crippen molar-refractivity contribution >= 4 is 5.91 Å². The lowest BCUT2D eigenvalue weighted by Crippen LogP contribution is -2.40. The fourth-order valence-electron chi connectivity index (χ4n) is 3.86. The van der Waals surface area contributed by atoms with Crippen LogP contribution in [0.5, 0.6) is 0 Å². The van der Waals surface area contributed by atoms with Gasteiger partial charge in [-0.15, -0.1) is 0 Å². The molecule has 3 atom stereocenters. The Bertz CT molecular complexity index is 626. The molecule has 5 heteroatoms. The lowest BCUT2D eigenvalue weighted by molar-refractivity contribution is -0.173. The van der Waals surface area contributed by atoms with E-state index in [1.807, 2.05) is 31.2 Å². The molecule has 0 unspecified atom stereocenters. The predicted molar refractivity (Wildman–Crippen MR) is 104 cm³/mol. The van der Waals surface area contributed by atoms with E-state index in [9.17, 15) is 9.90 Å². The minimum Gasteiger partial charge on any atom is -0.459 e. The number of rotatable bonds is 10. The number of nitrogens with one attached hydrogen (secondary N) is 1. The van der Waals surface area contributed by atoms with Crippen LogP contribution in [0.15, 0.2) is 42.2 Å². The second kappa shape index (κ2) is 9.90. The first-order valence-electron chi connectivity index (χ1n) is 10.2. The monoisotopic (exact) mass is 373 g/mol. The van der Waals surface area contributed by atoms with Gasteiger partial charge in [0.1, 0.15) is 0 Å². The smallest absolute Gasteiger partial charge is 0.286 e. The summed E-state index contributed by atoms with van der Waals surface area (Å²) >= 11 is 0. The van der Waals surface area contributed by atoms with Gasteiger partial charge in [-0.2, -0.15) is 0 Å². The van der Waals surface area contributed by atoms with Crippen molar-refractivity contribution in [2.24, 2.45) is 17.8 Å². The number of allylic oxidation sites excluding steroid dienone is 1. The second-order valence-corrected chi connectivity index (χ2v) is 7.41. The molecule has 0 aromatic heterocycles. The zero-order chi connectivity index (χ0) is 19.1. The van der Waals surface area contributed by atoms with Crippen molar-refractivity contribution in [1.82, 2.24) is 5.32 Å². The van der Waals surface area contributed by atoms with E-state index < -0.39 is 6.29 Å². The van der Waals surface area contributed by atoms with E-state index in [2.05, 4.69) is 17.4 Å². The van der Waals surface area contributed by atoms with E-state index in [-0.39, 0.29) is 24.3 Å². The Kier molecular flexibility index (Phi) is 7.30. The SMILES string of the molecule is CCO[C@@H]1OC(C(=O)NCCc2ccccc2)=C[C@H](C2CC2)[C@@H]1CCCO. The van der Waals surface area contributed by atoms with Crippen molar-refractivity contribution in [3.63, 3.8) is 0 Å². The number of ether oxygens (including phenoxy) is 2. The molecule has 0 spiro atoms. The third-order valence-electron chi connectivity index (χ3n) is 5.39. The molecule has 27 heavy (non-hydrogen) atoms. The largest absolute Gasteiger partial charge is 0.459 e. The summed E-state index contributed by atoms with van der Waals surface area (Å²) in [5.41, 5.74) is 1.20. The number of amides is 1. The quantitative estimate of drug-likeness (QED) is 0.661. The normalized spacial score (nSPS) is 24.8. The highest BCUT2D eigenvalue weighted by Crippen LogP contribution is 2.47. The van der Waals surface area contributed by atoms with Crippen molar-refractivity contribution < 1.29 is 19.4 Å². The molecule has 3 rings (SSSR count). The molecule has 1 fully saturated rings. The molecule has 148 valence electrons.